The molecule has 0 bridgehead atoms. The summed E-state index contributed by atoms with van der Waals surface area (Å²) in [6.45, 7) is 14.7. The van der Waals surface area contributed by atoms with E-state index in [0.717, 1.165) is 0 Å². The molecule has 0 amide bonds. The van der Waals surface area contributed by atoms with Crippen LogP contribution >= 0.6 is 0 Å². The second-order valence-corrected chi connectivity index (χ2v) is 4.63. The van der Waals surface area contributed by atoms with E-state index >= 15 is 0 Å². The average molecular weight is 298 g/mol. The molecule has 21 heavy (non-hydrogen) atoms. The number of rotatable bonds is 2. The maximum Gasteiger partial charge on any atom is 0.331 e. The van der Waals surface area contributed by atoms with Crippen LogP contribution in [0.5, 0.6) is 0 Å². The maximum atomic E-state index is 10.1. The fraction of sp³-hybridized carbons (Fsp3) is 0.611. The standard InChI is InChI=1S/C10H14.C4H8O3.2C2H6/c1-10(2,3)9-7-5-4-6-8-9;1-6-3-4(5)7-2;2*1-2/h4-8H,1-3H3;3H2,1-2H3;2*1-2H3. The van der Waals surface area contributed by atoms with Crippen LogP contribution in [0.15, 0.2) is 30.3 Å². The number of benzene rings is 1. The van der Waals surface area contributed by atoms with Gasteiger partial charge in [0.2, 0.25) is 0 Å². The van der Waals surface area contributed by atoms with Crippen LogP contribution in [0.1, 0.15) is 54.0 Å². The fourth-order valence-electron chi connectivity index (χ4n) is 1.11. The average Bonchev–Trinajstić information content (AvgIpc) is 2.52. The number of methoxy groups -OCH3 is 2. The summed E-state index contributed by atoms with van der Waals surface area (Å²) < 4.78 is 8.65. The third-order valence-electron chi connectivity index (χ3n) is 2.13. The van der Waals surface area contributed by atoms with Crippen molar-refractivity contribution < 1.29 is 14.3 Å². The van der Waals surface area contributed by atoms with Crippen molar-refractivity contribution in [1.29, 1.82) is 0 Å². The van der Waals surface area contributed by atoms with Crippen molar-refractivity contribution in [2.24, 2.45) is 0 Å². The molecule has 1 aromatic carbocycles. The highest BCUT2D eigenvalue weighted by molar-refractivity contribution is 5.70. The van der Waals surface area contributed by atoms with Gasteiger partial charge in [-0.1, -0.05) is 78.8 Å². The van der Waals surface area contributed by atoms with Crippen LogP contribution in [0.3, 0.4) is 0 Å². The third kappa shape index (κ3) is 16.6. The first kappa shape index (κ1) is 24.7. The Hall–Kier alpha value is -1.35. The van der Waals surface area contributed by atoms with E-state index in [1.165, 1.54) is 19.8 Å². The Kier molecular flexibility index (Phi) is 19.6. The normalized spacial score (nSPS) is 8.81. The van der Waals surface area contributed by atoms with E-state index in [0.29, 0.717) is 5.41 Å². The highest BCUT2D eigenvalue weighted by Gasteiger charge is 2.11. The van der Waals surface area contributed by atoms with Gasteiger partial charge >= 0.3 is 5.97 Å². The minimum Gasteiger partial charge on any atom is -0.467 e. The second kappa shape index (κ2) is 16.7. The third-order valence-corrected chi connectivity index (χ3v) is 2.13. The van der Waals surface area contributed by atoms with Crippen molar-refractivity contribution in [3.05, 3.63) is 35.9 Å². The van der Waals surface area contributed by atoms with E-state index in [4.69, 9.17) is 0 Å². The van der Waals surface area contributed by atoms with Crippen LogP contribution in [0.25, 0.3) is 0 Å². The van der Waals surface area contributed by atoms with Crippen LogP contribution in [-0.4, -0.2) is 26.8 Å². The molecule has 0 aliphatic carbocycles. The van der Waals surface area contributed by atoms with E-state index in [2.05, 4.69) is 60.6 Å². The van der Waals surface area contributed by atoms with Gasteiger partial charge in [-0.25, -0.2) is 4.79 Å². The topological polar surface area (TPSA) is 35.5 Å². The molecule has 0 aliphatic rings. The first-order valence-corrected chi connectivity index (χ1v) is 7.53. The van der Waals surface area contributed by atoms with Gasteiger partial charge in [0.05, 0.1) is 7.11 Å². The molecule has 0 saturated heterocycles. The number of carbonyl (C=O) groups excluding carboxylic acids is 1. The summed E-state index contributed by atoms with van der Waals surface area (Å²) >= 11 is 0. The van der Waals surface area contributed by atoms with E-state index in [-0.39, 0.29) is 12.6 Å². The van der Waals surface area contributed by atoms with Gasteiger partial charge in [0, 0.05) is 7.11 Å². The monoisotopic (exact) mass is 298 g/mol. The van der Waals surface area contributed by atoms with Crippen molar-refractivity contribution >= 4 is 5.97 Å². The molecule has 124 valence electrons. The Morgan fingerprint density at radius 3 is 1.57 bits per heavy atom. The van der Waals surface area contributed by atoms with Crippen molar-refractivity contribution in [3.63, 3.8) is 0 Å². The van der Waals surface area contributed by atoms with Crippen molar-refractivity contribution in [2.75, 3.05) is 20.8 Å². The largest absolute Gasteiger partial charge is 0.467 e. The smallest absolute Gasteiger partial charge is 0.331 e. The van der Waals surface area contributed by atoms with Gasteiger partial charge in [0.25, 0.3) is 0 Å². The van der Waals surface area contributed by atoms with Crippen molar-refractivity contribution in [3.8, 4) is 0 Å². The molecular weight excluding hydrogens is 264 g/mol. The van der Waals surface area contributed by atoms with Crippen molar-refractivity contribution in [1.82, 2.24) is 0 Å². The SMILES string of the molecule is CC.CC.CC(C)(C)c1ccccc1.COCC(=O)OC. The van der Waals surface area contributed by atoms with E-state index in [1.807, 2.05) is 27.7 Å². The summed E-state index contributed by atoms with van der Waals surface area (Å²) in [5, 5.41) is 0. The molecule has 0 radical (unpaired) electrons. The Bertz CT molecular complexity index is 313. The van der Waals surface area contributed by atoms with Crippen LogP contribution in [-0.2, 0) is 19.7 Å². The summed E-state index contributed by atoms with van der Waals surface area (Å²) in [6.07, 6.45) is 0. The van der Waals surface area contributed by atoms with Gasteiger partial charge in [0.1, 0.15) is 6.61 Å². The predicted octanol–water partition coefficient (Wildman–Crippen LogP) is 4.84. The zero-order chi connectivity index (χ0) is 17.3. The van der Waals surface area contributed by atoms with Crippen LogP contribution in [0.2, 0.25) is 0 Å². The number of hydrogen-bond donors (Lipinski definition) is 0. The molecule has 3 heteroatoms. The van der Waals surface area contributed by atoms with Gasteiger partial charge in [-0.05, 0) is 11.0 Å². The lowest BCUT2D eigenvalue weighted by Crippen LogP contribution is -2.10. The lowest BCUT2D eigenvalue weighted by atomic mass is 9.87. The van der Waals surface area contributed by atoms with Gasteiger partial charge in [-0.2, -0.15) is 0 Å². The van der Waals surface area contributed by atoms with Crippen LogP contribution in [0.4, 0.5) is 0 Å². The molecule has 1 aromatic rings. The van der Waals surface area contributed by atoms with Crippen molar-refractivity contribution in [2.45, 2.75) is 53.9 Å². The minimum atomic E-state index is -0.345. The first-order chi connectivity index (χ1) is 9.91. The van der Waals surface area contributed by atoms with Gasteiger partial charge in [0.15, 0.2) is 0 Å². The predicted molar refractivity (Wildman–Crippen MR) is 91.7 cm³/mol. The lowest BCUT2D eigenvalue weighted by molar-refractivity contribution is -0.144. The minimum absolute atomic E-state index is 0.0382. The molecule has 0 aliphatic heterocycles. The maximum absolute atomic E-state index is 10.1. The van der Waals surface area contributed by atoms with Gasteiger partial charge in [-0.3, -0.25) is 0 Å². The van der Waals surface area contributed by atoms with Crippen LogP contribution in [0, 0.1) is 0 Å². The number of ether oxygens (including phenoxy) is 2. The van der Waals surface area contributed by atoms with E-state index in [9.17, 15) is 4.79 Å². The highest BCUT2D eigenvalue weighted by atomic mass is 16.6. The quantitative estimate of drug-likeness (QED) is 0.733. The molecule has 0 spiro atoms. The first-order valence-electron chi connectivity index (χ1n) is 7.53. The fourth-order valence-corrected chi connectivity index (χ4v) is 1.11. The molecule has 0 heterocycles. The van der Waals surface area contributed by atoms with E-state index in [1.54, 1.807) is 0 Å². The van der Waals surface area contributed by atoms with Gasteiger partial charge < -0.3 is 9.47 Å². The zero-order valence-electron chi connectivity index (χ0n) is 15.3. The molecule has 0 fully saturated rings. The summed E-state index contributed by atoms with van der Waals surface area (Å²) in [4.78, 5) is 10.1. The molecule has 0 saturated carbocycles. The molecule has 0 unspecified atom stereocenters. The number of esters is 1. The number of carbonyl (C=O) groups is 1. The summed E-state index contributed by atoms with van der Waals surface area (Å²) in [5.74, 6) is -0.345. The highest BCUT2D eigenvalue weighted by Crippen LogP contribution is 2.20. The molecular formula is C18H34O3. The second-order valence-electron chi connectivity index (χ2n) is 4.63. The van der Waals surface area contributed by atoms with Crippen LogP contribution < -0.4 is 0 Å². The Labute approximate surface area is 131 Å². The molecule has 3 nitrogen and oxygen atoms in total. The lowest BCUT2D eigenvalue weighted by Gasteiger charge is -2.18. The number of hydrogen-bond acceptors (Lipinski definition) is 3. The summed E-state index contributed by atoms with van der Waals surface area (Å²) in [6, 6.07) is 10.6. The summed E-state index contributed by atoms with van der Waals surface area (Å²) in [7, 11) is 2.76. The Balaban J connectivity index is -0.000000260. The van der Waals surface area contributed by atoms with Gasteiger partial charge in [-0.15, -0.1) is 0 Å². The van der Waals surface area contributed by atoms with E-state index < -0.39 is 0 Å². The molecule has 0 N–H and O–H groups in total. The Morgan fingerprint density at radius 1 is 0.952 bits per heavy atom. The Morgan fingerprint density at radius 2 is 1.38 bits per heavy atom. The summed E-state index contributed by atoms with van der Waals surface area (Å²) in [5.41, 5.74) is 1.69. The zero-order valence-corrected chi connectivity index (χ0v) is 15.3. The molecule has 1 rings (SSSR count). The molecule has 0 aromatic heterocycles. The molecule has 0 atom stereocenters.